The highest BCUT2D eigenvalue weighted by molar-refractivity contribution is 5.11. The van der Waals surface area contributed by atoms with Crippen LogP contribution in [0.2, 0.25) is 0 Å². The number of aryl methyl sites for hydroxylation is 1. The van der Waals surface area contributed by atoms with Gasteiger partial charge >= 0.3 is 0 Å². The lowest BCUT2D eigenvalue weighted by atomic mass is 9.90. The van der Waals surface area contributed by atoms with E-state index in [1.54, 1.807) is 0 Å². The van der Waals surface area contributed by atoms with E-state index in [9.17, 15) is 0 Å². The Bertz CT molecular complexity index is 263. The first kappa shape index (κ1) is 11.2. The van der Waals surface area contributed by atoms with Gasteiger partial charge in [-0.3, -0.25) is 4.68 Å². The third-order valence-electron chi connectivity index (χ3n) is 2.92. The fraction of sp³-hybridized carbons (Fsp3) is 0.727. The molecule has 0 amide bonds. The third-order valence-corrected chi connectivity index (χ3v) is 2.92. The lowest BCUT2D eigenvalue weighted by Gasteiger charge is -2.23. The molecule has 0 radical (unpaired) electrons. The van der Waals surface area contributed by atoms with E-state index in [1.165, 1.54) is 18.4 Å². The van der Waals surface area contributed by atoms with E-state index in [2.05, 4.69) is 30.5 Å². The average molecular weight is 195 g/mol. The van der Waals surface area contributed by atoms with Crippen LogP contribution in [0.15, 0.2) is 12.4 Å². The van der Waals surface area contributed by atoms with Gasteiger partial charge in [0.2, 0.25) is 0 Å². The fourth-order valence-corrected chi connectivity index (χ4v) is 2.04. The molecule has 1 heterocycles. The van der Waals surface area contributed by atoms with E-state index in [0.29, 0.717) is 12.0 Å². The first-order valence-electron chi connectivity index (χ1n) is 5.38. The largest absolute Gasteiger partial charge is 0.313 e. The predicted molar refractivity (Wildman–Crippen MR) is 59.1 cm³/mol. The van der Waals surface area contributed by atoms with Crippen molar-refractivity contribution in [2.75, 3.05) is 7.05 Å². The molecule has 0 aliphatic heterocycles. The van der Waals surface area contributed by atoms with Crippen molar-refractivity contribution < 1.29 is 0 Å². The zero-order chi connectivity index (χ0) is 10.6. The summed E-state index contributed by atoms with van der Waals surface area (Å²) in [4.78, 5) is 0. The molecule has 0 aliphatic rings. The van der Waals surface area contributed by atoms with Gasteiger partial charge < -0.3 is 5.32 Å². The molecule has 1 atom stereocenters. The van der Waals surface area contributed by atoms with E-state index in [-0.39, 0.29) is 0 Å². The number of rotatable bonds is 5. The van der Waals surface area contributed by atoms with Crippen LogP contribution in [0.5, 0.6) is 0 Å². The van der Waals surface area contributed by atoms with Crippen molar-refractivity contribution >= 4 is 0 Å². The smallest absolute Gasteiger partial charge is 0.0537 e. The van der Waals surface area contributed by atoms with Crippen molar-refractivity contribution in [2.45, 2.75) is 32.7 Å². The van der Waals surface area contributed by atoms with Crippen molar-refractivity contribution in [1.29, 1.82) is 0 Å². The van der Waals surface area contributed by atoms with Gasteiger partial charge in [-0.05, 0) is 13.0 Å². The summed E-state index contributed by atoms with van der Waals surface area (Å²) >= 11 is 0. The number of hydrogen-bond donors (Lipinski definition) is 1. The van der Waals surface area contributed by atoms with E-state index >= 15 is 0 Å². The van der Waals surface area contributed by atoms with Crippen molar-refractivity contribution in [2.24, 2.45) is 13.0 Å². The Labute approximate surface area is 86.5 Å². The summed E-state index contributed by atoms with van der Waals surface area (Å²) < 4.78 is 1.86. The third kappa shape index (κ3) is 2.35. The Morgan fingerprint density at radius 3 is 2.43 bits per heavy atom. The van der Waals surface area contributed by atoms with Crippen LogP contribution in [-0.4, -0.2) is 16.8 Å². The second-order valence-corrected chi connectivity index (χ2v) is 3.79. The van der Waals surface area contributed by atoms with Crippen LogP contribution in [0.4, 0.5) is 0 Å². The molecule has 1 aromatic rings. The normalized spacial score (nSPS) is 13.5. The molecule has 1 aromatic heterocycles. The molecule has 1 N–H and O–H groups in total. The second-order valence-electron chi connectivity index (χ2n) is 3.79. The van der Waals surface area contributed by atoms with Crippen molar-refractivity contribution in [3.8, 4) is 0 Å². The maximum atomic E-state index is 4.21. The maximum absolute atomic E-state index is 4.21. The molecular weight excluding hydrogens is 174 g/mol. The van der Waals surface area contributed by atoms with Gasteiger partial charge in [-0.1, -0.05) is 26.7 Å². The van der Waals surface area contributed by atoms with E-state index in [4.69, 9.17) is 0 Å². The van der Waals surface area contributed by atoms with Crippen LogP contribution in [0.3, 0.4) is 0 Å². The summed E-state index contributed by atoms with van der Waals surface area (Å²) in [6.07, 6.45) is 6.47. The molecule has 0 aromatic carbocycles. The highest BCUT2D eigenvalue weighted by Crippen LogP contribution is 2.26. The van der Waals surface area contributed by atoms with Gasteiger partial charge in [-0.25, -0.2) is 0 Å². The summed E-state index contributed by atoms with van der Waals surface area (Å²) in [5, 5.41) is 7.59. The Morgan fingerprint density at radius 2 is 2.07 bits per heavy atom. The number of nitrogens with one attached hydrogen (secondary N) is 1. The summed E-state index contributed by atoms with van der Waals surface area (Å²) in [6.45, 7) is 4.49. The highest BCUT2D eigenvalue weighted by atomic mass is 15.2. The molecule has 1 rings (SSSR count). The van der Waals surface area contributed by atoms with Crippen LogP contribution in [0.25, 0.3) is 0 Å². The molecule has 0 fully saturated rings. The number of nitrogens with zero attached hydrogens (tertiary/aromatic N) is 2. The molecular formula is C11H21N3. The van der Waals surface area contributed by atoms with Crippen molar-refractivity contribution in [3.63, 3.8) is 0 Å². The average Bonchev–Trinajstić information content (AvgIpc) is 2.60. The molecule has 0 aliphatic carbocycles. The van der Waals surface area contributed by atoms with E-state index < -0.39 is 0 Å². The summed E-state index contributed by atoms with van der Waals surface area (Å²) in [6, 6.07) is 0.443. The van der Waals surface area contributed by atoms with Crippen molar-refractivity contribution in [1.82, 2.24) is 15.1 Å². The highest BCUT2D eigenvalue weighted by Gasteiger charge is 2.19. The number of hydrogen-bond acceptors (Lipinski definition) is 2. The Morgan fingerprint density at radius 1 is 1.43 bits per heavy atom. The van der Waals surface area contributed by atoms with Gasteiger partial charge in [-0.2, -0.15) is 5.10 Å². The topological polar surface area (TPSA) is 29.9 Å². The number of aromatic nitrogens is 2. The molecule has 14 heavy (non-hydrogen) atoms. The van der Waals surface area contributed by atoms with Crippen LogP contribution in [0, 0.1) is 5.92 Å². The molecule has 3 heteroatoms. The van der Waals surface area contributed by atoms with Crippen LogP contribution in [0.1, 0.15) is 38.3 Å². The first-order chi connectivity index (χ1) is 6.72. The van der Waals surface area contributed by atoms with Gasteiger partial charge in [0.1, 0.15) is 0 Å². The standard InChI is InChI=1S/C11H21N3/c1-5-9(6-2)11(12-3)10-7-13-14(4)8-10/h7-9,11-12H,5-6H2,1-4H3. The predicted octanol–water partition coefficient (Wildman–Crippen LogP) is 2.12. The SMILES string of the molecule is CCC(CC)C(NC)c1cnn(C)c1. The zero-order valence-electron chi connectivity index (χ0n) is 9.62. The van der Waals surface area contributed by atoms with E-state index in [1.807, 2.05) is 25.0 Å². The molecule has 0 bridgehead atoms. The van der Waals surface area contributed by atoms with Crippen LogP contribution < -0.4 is 5.32 Å². The second kappa shape index (κ2) is 5.15. The minimum Gasteiger partial charge on any atom is -0.313 e. The Hall–Kier alpha value is -0.830. The quantitative estimate of drug-likeness (QED) is 0.780. The van der Waals surface area contributed by atoms with E-state index in [0.717, 1.165) is 0 Å². The fourth-order valence-electron chi connectivity index (χ4n) is 2.04. The summed E-state index contributed by atoms with van der Waals surface area (Å²) in [5.74, 6) is 0.698. The minimum absolute atomic E-state index is 0.443. The van der Waals surface area contributed by atoms with Gasteiger partial charge in [-0.15, -0.1) is 0 Å². The maximum Gasteiger partial charge on any atom is 0.0537 e. The minimum atomic E-state index is 0.443. The summed E-state index contributed by atoms with van der Waals surface area (Å²) in [5.41, 5.74) is 1.30. The Balaban J connectivity index is 2.80. The zero-order valence-corrected chi connectivity index (χ0v) is 9.62. The van der Waals surface area contributed by atoms with Gasteiger partial charge in [0.25, 0.3) is 0 Å². The molecule has 0 saturated carbocycles. The molecule has 0 spiro atoms. The lowest BCUT2D eigenvalue weighted by Crippen LogP contribution is -2.24. The van der Waals surface area contributed by atoms with Crippen molar-refractivity contribution in [3.05, 3.63) is 18.0 Å². The van der Waals surface area contributed by atoms with Crippen LogP contribution >= 0.6 is 0 Å². The van der Waals surface area contributed by atoms with Gasteiger partial charge in [0, 0.05) is 24.8 Å². The lowest BCUT2D eigenvalue weighted by molar-refractivity contribution is 0.359. The molecule has 3 nitrogen and oxygen atoms in total. The molecule has 80 valence electrons. The Kier molecular flexibility index (Phi) is 4.14. The summed E-state index contributed by atoms with van der Waals surface area (Å²) in [7, 11) is 3.99. The van der Waals surface area contributed by atoms with Gasteiger partial charge in [0.05, 0.1) is 6.20 Å². The molecule has 0 saturated heterocycles. The monoisotopic (exact) mass is 195 g/mol. The van der Waals surface area contributed by atoms with Gasteiger partial charge in [0.15, 0.2) is 0 Å². The molecule has 1 unspecified atom stereocenters. The van der Waals surface area contributed by atoms with Crippen LogP contribution in [-0.2, 0) is 7.05 Å². The first-order valence-corrected chi connectivity index (χ1v) is 5.38.